The van der Waals surface area contributed by atoms with Crippen LogP contribution in [0, 0.1) is 0 Å². The van der Waals surface area contributed by atoms with E-state index in [1.165, 1.54) is 11.3 Å². The molecule has 0 spiro atoms. The van der Waals surface area contributed by atoms with Crippen LogP contribution < -0.4 is 4.74 Å². The molecule has 3 heterocycles. The number of aromatic hydroxyl groups is 1. The third kappa shape index (κ3) is 3.17. The third-order valence-corrected chi connectivity index (χ3v) is 6.45. The van der Waals surface area contributed by atoms with Gasteiger partial charge in [-0.15, -0.1) is 11.3 Å². The summed E-state index contributed by atoms with van der Waals surface area (Å²) in [7, 11) is 1.66. The zero-order valence-electron chi connectivity index (χ0n) is 18.4. The van der Waals surface area contributed by atoms with E-state index >= 15 is 0 Å². The number of nitrogens with zero attached hydrogens (tertiary/aromatic N) is 2. The van der Waals surface area contributed by atoms with E-state index in [4.69, 9.17) is 9.72 Å². The van der Waals surface area contributed by atoms with Crippen LogP contribution in [0.25, 0.3) is 44.2 Å². The molecule has 32 heavy (non-hydrogen) atoms. The molecule has 0 saturated carbocycles. The van der Waals surface area contributed by atoms with Gasteiger partial charge in [0.25, 0.3) is 0 Å². The molecule has 162 valence electrons. The maximum Gasteiger partial charge on any atom is 0.152 e. The Morgan fingerprint density at radius 1 is 1.00 bits per heavy atom. The number of nitrogens with one attached hydrogen (secondary N) is 2. The number of H-pyrrole nitrogens is 2. The summed E-state index contributed by atoms with van der Waals surface area (Å²) in [4.78, 5) is 9.08. The molecule has 0 bridgehead atoms. The van der Waals surface area contributed by atoms with Gasteiger partial charge in [0, 0.05) is 51.1 Å². The highest BCUT2D eigenvalue weighted by Gasteiger charge is 2.35. The Bertz CT molecular complexity index is 1360. The number of ether oxygens (including phenoxy) is 1. The fourth-order valence-electron chi connectivity index (χ4n) is 4.10. The molecule has 0 saturated heterocycles. The molecule has 7 heteroatoms. The van der Waals surface area contributed by atoms with Gasteiger partial charge in [-0.25, -0.2) is 4.98 Å². The summed E-state index contributed by atoms with van der Waals surface area (Å²) in [6, 6.07) is 11.8. The van der Waals surface area contributed by atoms with Crippen LogP contribution in [-0.2, 0) is 5.41 Å². The molecular formula is C25H24N4O2S. The molecule has 1 aliphatic heterocycles. The van der Waals surface area contributed by atoms with E-state index in [2.05, 4.69) is 36.0 Å². The maximum absolute atomic E-state index is 11.4. The van der Waals surface area contributed by atoms with E-state index in [0.717, 1.165) is 44.4 Å². The molecule has 3 aromatic rings. The van der Waals surface area contributed by atoms with Gasteiger partial charge in [-0.1, -0.05) is 39.0 Å². The second-order valence-corrected chi connectivity index (χ2v) is 9.56. The van der Waals surface area contributed by atoms with Crippen LogP contribution in [0.5, 0.6) is 11.5 Å². The Morgan fingerprint density at radius 3 is 2.53 bits per heavy atom. The molecule has 2 aliphatic rings. The van der Waals surface area contributed by atoms with Crippen molar-refractivity contribution in [3.05, 3.63) is 59.9 Å². The lowest BCUT2D eigenvalue weighted by atomic mass is 9.86. The van der Waals surface area contributed by atoms with Crippen molar-refractivity contribution in [1.29, 1.82) is 0 Å². The minimum atomic E-state index is -0.170. The topological polar surface area (TPSA) is 86.8 Å². The van der Waals surface area contributed by atoms with E-state index in [1.807, 2.05) is 41.8 Å². The number of hydrogen-bond donors (Lipinski definition) is 3. The first-order valence-electron chi connectivity index (χ1n) is 10.3. The molecule has 2 aromatic heterocycles. The standard InChI is InChI=1S/C25H24N4O2S/c1-25(2,3)23-19-18(15-9-5-6-10-17(15)31-4)20(22(30)21(19)28-29-23)24-27-16(13-32-24)14-8-7-11-26-12-14/h5-13,28-30H,1-4H3. The van der Waals surface area contributed by atoms with Crippen molar-refractivity contribution in [3.63, 3.8) is 0 Å². The molecule has 6 nitrogen and oxygen atoms in total. The van der Waals surface area contributed by atoms with Gasteiger partial charge in [-0.2, -0.15) is 0 Å². The molecule has 3 N–H and O–H groups in total. The van der Waals surface area contributed by atoms with E-state index in [0.29, 0.717) is 11.3 Å². The average Bonchev–Trinajstić information content (AvgIpc) is 3.50. The molecule has 1 aliphatic carbocycles. The van der Waals surface area contributed by atoms with Crippen molar-refractivity contribution in [2.24, 2.45) is 0 Å². The first-order chi connectivity index (χ1) is 15.4. The highest BCUT2D eigenvalue weighted by atomic mass is 32.1. The lowest BCUT2D eigenvalue weighted by molar-refractivity contribution is 0.416. The number of methoxy groups -OCH3 is 1. The fourth-order valence-corrected chi connectivity index (χ4v) is 4.98. The van der Waals surface area contributed by atoms with Crippen molar-refractivity contribution in [1.82, 2.24) is 20.2 Å². The number of thiazole rings is 1. The van der Waals surface area contributed by atoms with Gasteiger partial charge >= 0.3 is 0 Å². The van der Waals surface area contributed by atoms with Gasteiger partial charge < -0.3 is 14.9 Å². The Morgan fingerprint density at radius 2 is 1.81 bits per heavy atom. The number of aromatic nitrogens is 4. The summed E-state index contributed by atoms with van der Waals surface area (Å²) in [5, 5.41) is 20.6. The minimum absolute atomic E-state index is 0.170. The zero-order chi connectivity index (χ0) is 22.5. The molecule has 0 radical (unpaired) electrons. The monoisotopic (exact) mass is 444 g/mol. The Kier molecular flexibility index (Phi) is 4.78. The number of aromatic amines is 2. The van der Waals surface area contributed by atoms with E-state index in [1.54, 1.807) is 19.5 Å². The fraction of sp³-hybridized carbons (Fsp3) is 0.200. The van der Waals surface area contributed by atoms with Crippen LogP contribution >= 0.6 is 11.3 Å². The van der Waals surface area contributed by atoms with Crippen LogP contribution in [-0.4, -0.2) is 32.4 Å². The zero-order valence-corrected chi connectivity index (χ0v) is 19.2. The second kappa shape index (κ2) is 7.53. The number of hydrogen-bond acceptors (Lipinski definition) is 5. The molecule has 1 aromatic carbocycles. The second-order valence-electron chi connectivity index (χ2n) is 8.70. The minimum Gasteiger partial charge on any atom is -0.505 e. The predicted octanol–water partition coefficient (Wildman–Crippen LogP) is 6.31. The van der Waals surface area contributed by atoms with E-state index in [-0.39, 0.29) is 11.2 Å². The highest BCUT2D eigenvalue weighted by Crippen LogP contribution is 2.56. The lowest BCUT2D eigenvalue weighted by Gasteiger charge is -2.19. The van der Waals surface area contributed by atoms with E-state index in [9.17, 15) is 5.11 Å². The largest absolute Gasteiger partial charge is 0.505 e. The number of rotatable bonds is 4. The Hall–Kier alpha value is -3.58. The highest BCUT2D eigenvalue weighted by molar-refractivity contribution is 7.13. The third-order valence-electron chi connectivity index (χ3n) is 5.59. The molecule has 0 fully saturated rings. The van der Waals surface area contributed by atoms with Crippen molar-refractivity contribution < 1.29 is 9.84 Å². The summed E-state index contributed by atoms with van der Waals surface area (Å²) < 4.78 is 5.70. The number of para-hydroxylation sites is 1. The van der Waals surface area contributed by atoms with Gasteiger partial charge in [0.15, 0.2) is 5.75 Å². The number of benzene rings is 1. The maximum atomic E-state index is 11.4. The lowest BCUT2D eigenvalue weighted by Crippen LogP contribution is -2.12. The van der Waals surface area contributed by atoms with Crippen molar-refractivity contribution in [3.8, 4) is 55.7 Å². The smallest absolute Gasteiger partial charge is 0.152 e. The van der Waals surface area contributed by atoms with Crippen LogP contribution in [0.15, 0.2) is 54.2 Å². The van der Waals surface area contributed by atoms with Gasteiger partial charge in [0.1, 0.15) is 16.5 Å². The number of pyridine rings is 1. The van der Waals surface area contributed by atoms with Gasteiger partial charge in [0.2, 0.25) is 0 Å². The van der Waals surface area contributed by atoms with Crippen LogP contribution in [0.2, 0.25) is 0 Å². The van der Waals surface area contributed by atoms with Gasteiger partial charge in [-0.3, -0.25) is 10.1 Å². The van der Waals surface area contributed by atoms with Crippen LogP contribution in [0.1, 0.15) is 26.5 Å². The Balaban J connectivity index is 1.82. The molecule has 5 rings (SSSR count). The van der Waals surface area contributed by atoms with E-state index < -0.39 is 0 Å². The SMILES string of the molecule is COc1ccccc1-c1c2c(C(C)(C)C)[nH][nH]c-2c(O)c1-c1nc(-c2cccnc2)cs1. The van der Waals surface area contributed by atoms with Gasteiger partial charge in [0.05, 0.1) is 18.4 Å². The van der Waals surface area contributed by atoms with Crippen molar-refractivity contribution >= 4 is 11.3 Å². The van der Waals surface area contributed by atoms with Crippen LogP contribution in [0.4, 0.5) is 0 Å². The van der Waals surface area contributed by atoms with Crippen molar-refractivity contribution in [2.45, 2.75) is 26.2 Å². The predicted molar refractivity (Wildman–Crippen MR) is 128 cm³/mol. The summed E-state index contributed by atoms with van der Waals surface area (Å²) in [5.41, 5.74) is 6.75. The molecule has 0 amide bonds. The quantitative estimate of drug-likeness (QED) is 0.303. The summed E-state index contributed by atoms with van der Waals surface area (Å²) in [6.07, 6.45) is 3.54. The van der Waals surface area contributed by atoms with Gasteiger partial charge in [-0.05, 0) is 18.2 Å². The average molecular weight is 445 g/mol. The molecule has 0 atom stereocenters. The Labute approximate surface area is 190 Å². The normalized spacial score (nSPS) is 11.9. The van der Waals surface area contributed by atoms with Crippen molar-refractivity contribution in [2.75, 3.05) is 7.11 Å². The first-order valence-corrected chi connectivity index (χ1v) is 11.2. The molecular weight excluding hydrogens is 420 g/mol. The number of fused-ring (bicyclic) bond motifs is 1. The first kappa shape index (κ1) is 20.3. The molecule has 0 unspecified atom stereocenters. The summed E-state index contributed by atoms with van der Waals surface area (Å²) >= 11 is 1.50. The summed E-state index contributed by atoms with van der Waals surface area (Å²) in [5.74, 6) is 0.922. The summed E-state index contributed by atoms with van der Waals surface area (Å²) in [6.45, 7) is 6.43. The van der Waals surface area contributed by atoms with Crippen LogP contribution in [0.3, 0.4) is 0 Å².